The topological polar surface area (TPSA) is 59.8 Å². The molecule has 118 valence electrons. The highest BCUT2D eigenvalue weighted by molar-refractivity contribution is 6.06. The molecule has 0 saturated carbocycles. The van der Waals surface area contributed by atoms with E-state index in [1.165, 1.54) is 0 Å². The Labute approximate surface area is 135 Å². The van der Waals surface area contributed by atoms with Crippen molar-refractivity contribution in [3.63, 3.8) is 0 Å². The number of benzene rings is 2. The summed E-state index contributed by atoms with van der Waals surface area (Å²) in [5.41, 5.74) is 5.20. The number of carbonyl (C=O) groups is 1. The monoisotopic (exact) mass is 308 g/mol. The summed E-state index contributed by atoms with van der Waals surface area (Å²) in [7, 11) is 0. The van der Waals surface area contributed by atoms with Gasteiger partial charge in [-0.05, 0) is 57.0 Å². The minimum Gasteiger partial charge on any atom is -0.322 e. The molecule has 5 heteroatoms. The molecule has 0 saturated heterocycles. The van der Waals surface area contributed by atoms with Crippen molar-refractivity contribution in [1.82, 2.24) is 15.0 Å². The zero-order valence-corrected chi connectivity index (χ0v) is 13.8. The molecule has 0 atom stereocenters. The lowest BCUT2D eigenvalue weighted by atomic mass is 10.1. The Kier molecular flexibility index (Phi) is 3.86. The molecule has 0 aliphatic heterocycles. The second-order valence-corrected chi connectivity index (χ2v) is 6.05. The zero-order valence-electron chi connectivity index (χ0n) is 13.8. The quantitative estimate of drug-likeness (QED) is 0.798. The number of rotatable bonds is 3. The first-order valence-corrected chi connectivity index (χ1v) is 7.70. The van der Waals surface area contributed by atoms with E-state index >= 15 is 0 Å². The number of hydrogen-bond acceptors (Lipinski definition) is 3. The molecular formula is C18H20N4O. The predicted molar refractivity (Wildman–Crippen MR) is 91.8 cm³/mol. The van der Waals surface area contributed by atoms with Crippen molar-refractivity contribution in [2.45, 2.75) is 33.7 Å². The van der Waals surface area contributed by atoms with E-state index in [0.717, 1.165) is 27.8 Å². The maximum absolute atomic E-state index is 12.5. The maximum Gasteiger partial charge on any atom is 0.255 e. The molecule has 0 radical (unpaired) electrons. The minimum atomic E-state index is -0.136. The Bertz CT molecular complexity index is 860. The second kappa shape index (κ2) is 5.83. The van der Waals surface area contributed by atoms with Crippen LogP contribution in [0.5, 0.6) is 0 Å². The predicted octanol–water partition coefficient (Wildman–Crippen LogP) is 3.88. The first-order valence-electron chi connectivity index (χ1n) is 7.70. The van der Waals surface area contributed by atoms with Gasteiger partial charge in [0.1, 0.15) is 5.52 Å². The summed E-state index contributed by atoms with van der Waals surface area (Å²) in [6, 6.07) is 11.7. The molecule has 0 spiro atoms. The van der Waals surface area contributed by atoms with Gasteiger partial charge in [-0.1, -0.05) is 23.4 Å². The van der Waals surface area contributed by atoms with Gasteiger partial charge < -0.3 is 5.32 Å². The summed E-state index contributed by atoms with van der Waals surface area (Å²) in [6.45, 7) is 8.07. The molecule has 0 aliphatic carbocycles. The van der Waals surface area contributed by atoms with Crippen molar-refractivity contribution in [3.05, 3.63) is 53.1 Å². The molecule has 1 N–H and O–H groups in total. The molecule has 0 bridgehead atoms. The van der Waals surface area contributed by atoms with E-state index < -0.39 is 0 Å². The van der Waals surface area contributed by atoms with Crippen molar-refractivity contribution in [1.29, 1.82) is 0 Å². The van der Waals surface area contributed by atoms with Crippen LogP contribution in [0.3, 0.4) is 0 Å². The van der Waals surface area contributed by atoms with E-state index in [0.29, 0.717) is 5.56 Å². The normalized spacial score (nSPS) is 11.2. The third kappa shape index (κ3) is 2.82. The number of anilines is 1. The molecule has 2 aromatic carbocycles. The van der Waals surface area contributed by atoms with Crippen molar-refractivity contribution in [2.75, 3.05) is 5.32 Å². The van der Waals surface area contributed by atoms with E-state index in [1.807, 2.05) is 48.9 Å². The highest BCUT2D eigenvalue weighted by atomic mass is 16.1. The van der Waals surface area contributed by atoms with Crippen LogP contribution < -0.4 is 5.32 Å². The van der Waals surface area contributed by atoms with Crippen LogP contribution in [0.25, 0.3) is 11.0 Å². The van der Waals surface area contributed by atoms with Gasteiger partial charge in [0.15, 0.2) is 0 Å². The van der Waals surface area contributed by atoms with Crippen LogP contribution in [0.4, 0.5) is 5.69 Å². The van der Waals surface area contributed by atoms with E-state index in [9.17, 15) is 4.79 Å². The molecule has 1 heterocycles. The molecule has 3 rings (SSSR count). The van der Waals surface area contributed by atoms with Crippen LogP contribution in [0.15, 0.2) is 36.4 Å². The van der Waals surface area contributed by atoms with Gasteiger partial charge in [0, 0.05) is 17.3 Å². The highest BCUT2D eigenvalue weighted by Crippen LogP contribution is 2.22. The molecule has 0 fully saturated rings. The van der Waals surface area contributed by atoms with Crippen LogP contribution in [-0.4, -0.2) is 20.9 Å². The molecule has 1 aromatic heterocycles. The van der Waals surface area contributed by atoms with Crippen LogP contribution >= 0.6 is 0 Å². The first-order chi connectivity index (χ1) is 11.0. The van der Waals surface area contributed by atoms with Crippen LogP contribution in [0.2, 0.25) is 0 Å². The summed E-state index contributed by atoms with van der Waals surface area (Å²) >= 11 is 0. The van der Waals surface area contributed by atoms with Crippen LogP contribution in [0, 0.1) is 13.8 Å². The van der Waals surface area contributed by atoms with Gasteiger partial charge >= 0.3 is 0 Å². The summed E-state index contributed by atoms with van der Waals surface area (Å²) in [5, 5.41) is 11.3. The van der Waals surface area contributed by atoms with Crippen LogP contribution in [-0.2, 0) is 0 Å². The summed E-state index contributed by atoms with van der Waals surface area (Å²) in [6.07, 6.45) is 0. The Morgan fingerprint density at radius 2 is 1.83 bits per heavy atom. The number of hydrogen-bond donors (Lipinski definition) is 1. The second-order valence-electron chi connectivity index (χ2n) is 6.05. The van der Waals surface area contributed by atoms with Gasteiger partial charge in [-0.2, -0.15) is 0 Å². The number of aryl methyl sites for hydroxylation is 2. The van der Waals surface area contributed by atoms with E-state index in [2.05, 4.69) is 29.5 Å². The van der Waals surface area contributed by atoms with E-state index in [-0.39, 0.29) is 11.9 Å². The Hall–Kier alpha value is -2.69. The van der Waals surface area contributed by atoms with Crippen molar-refractivity contribution < 1.29 is 4.79 Å². The van der Waals surface area contributed by atoms with Gasteiger partial charge in [-0.15, -0.1) is 5.10 Å². The molecule has 0 unspecified atom stereocenters. The average Bonchev–Trinajstić information content (AvgIpc) is 2.94. The van der Waals surface area contributed by atoms with Gasteiger partial charge in [-0.25, -0.2) is 4.68 Å². The van der Waals surface area contributed by atoms with Gasteiger partial charge in [0.2, 0.25) is 0 Å². The van der Waals surface area contributed by atoms with E-state index in [4.69, 9.17) is 0 Å². The standard InChI is InChI=1S/C18H20N4O/c1-11(2)22-16-9-8-14(10-15(16)20-21-22)18(23)19-17-12(3)6-5-7-13(17)4/h5-11H,1-4H3,(H,19,23). The number of carbonyl (C=O) groups excluding carboxylic acids is 1. The number of fused-ring (bicyclic) bond motifs is 1. The maximum atomic E-state index is 12.5. The number of amides is 1. The number of nitrogens with zero attached hydrogens (tertiary/aromatic N) is 3. The molecule has 23 heavy (non-hydrogen) atoms. The molecule has 1 amide bonds. The van der Waals surface area contributed by atoms with Crippen LogP contribution in [0.1, 0.15) is 41.4 Å². The first kappa shape index (κ1) is 15.2. The highest BCUT2D eigenvalue weighted by Gasteiger charge is 2.13. The number of aromatic nitrogens is 3. The van der Waals surface area contributed by atoms with Gasteiger partial charge in [0.05, 0.1) is 5.52 Å². The molecule has 5 nitrogen and oxygen atoms in total. The summed E-state index contributed by atoms with van der Waals surface area (Å²) < 4.78 is 1.85. The Morgan fingerprint density at radius 1 is 1.13 bits per heavy atom. The lowest BCUT2D eigenvalue weighted by Gasteiger charge is -2.11. The molecular weight excluding hydrogens is 288 g/mol. The van der Waals surface area contributed by atoms with Gasteiger partial charge in [0.25, 0.3) is 5.91 Å². The smallest absolute Gasteiger partial charge is 0.255 e. The molecule has 3 aromatic rings. The molecule has 0 aliphatic rings. The largest absolute Gasteiger partial charge is 0.322 e. The van der Waals surface area contributed by atoms with Crippen molar-refractivity contribution in [2.24, 2.45) is 0 Å². The summed E-state index contributed by atoms with van der Waals surface area (Å²) in [5.74, 6) is -0.136. The number of para-hydroxylation sites is 1. The van der Waals surface area contributed by atoms with Gasteiger partial charge in [-0.3, -0.25) is 4.79 Å². The lowest BCUT2D eigenvalue weighted by molar-refractivity contribution is 0.102. The Morgan fingerprint density at radius 3 is 2.48 bits per heavy atom. The fourth-order valence-corrected chi connectivity index (χ4v) is 2.66. The summed E-state index contributed by atoms with van der Waals surface area (Å²) in [4.78, 5) is 12.5. The Balaban J connectivity index is 1.92. The van der Waals surface area contributed by atoms with Crippen molar-refractivity contribution in [3.8, 4) is 0 Å². The number of nitrogens with one attached hydrogen (secondary N) is 1. The fourth-order valence-electron chi connectivity index (χ4n) is 2.66. The SMILES string of the molecule is Cc1cccc(C)c1NC(=O)c1ccc2c(c1)nnn2C(C)C. The fraction of sp³-hybridized carbons (Fsp3) is 0.278. The average molecular weight is 308 g/mol. The minimum absolute atomic E-state index is 0.136. The zero-order chi connectivity index (χ0) is 16.6. The lowest BCUT2D eigenvalue weighted by Crippen LogP contribution is -2.13. The third-order valence-electron chi connectivity index (χ3n) is 3.94. The third-order valence-corrected chi connectivity index (χ3v) is 3.94. The van der Waals surface area contributed by atoms with E-state index in [1.54, 1.807) is 6.07 Å². The van der Waals surface area contributed by atoms with Crippen molar-refractivity contribution >= 4 is 22.6 Å².